The summed E-state index contributed by atoms with van der Waals surface area (Å²) in [6.45, 7) is 5.09. The number of aryl methyl sites for hydroxylation is 2. The number of carboxylic acids is 1. The van der Waals surface area contributed by atoms with Crippen LogP contribution in [0.3, 0.4) is 0 Å². The molecule has 0 fully saturated rings. The molecule has 2 aromatic heterocycles. The lowest BCUT2D eigenvalue weighted by atomic mass is 10.1. The first-order valence-electron chi connectivity index (χ1n) is 8.17. The topological polar surface area (TPSA) is 53.4 Å². The highest BCUT2D eigenvalue weighted by molar-refractivity contribution is 7.16. The second-order valence-electron chi connectivity index (χ2n) is 6.01. The third-order valence-electron chi connectivity index (χ3n) is 4.02. The van der Waals surface area contributed by atoms with Crippen LogP contribution in [-0.4, -0.2) is 22.6 Å². The standard InChI is InChI=1S/C19H19ClN2O2S2.ClH/c1-12-5-6-14(10-16(12)20)18-13(2)26-19(21-18)22(8-7-17(23)24)11-15-4-3-9-25-15;/h3-6,9-10H,7-8,11H2,1-2H3,(H,23,24);1H. The van der Waals surface area contributed by atoms with E-state index in [-0.39, 0.29) is 18.8 Å². The molecule has 3 aromatic rings. The zero-order valence-electron chi connectivity index (χ0n) is 14.9. The molecule has 3 rings (SSSR count). The van der Waals surface area contributed by atoms with Gasteiger partial charge in [0.1, 0.15) is 0 Å². The number of carboxylic acid groups (broad SMARTS) is 1. The van der Waals surface area contributed by atoms with Gasteiger partial charge in [0.05, 0.1) is 18.7 Å². The van der Waals surface area contributed by atoms with Crippen molar-refractivity contribution < 1.29 is 9.90 Å². The third kappa shape index (κ3) is 5.45. The maximum absolute atomic E-state index is 11.0. The van der Waals surface area contributed by atoms with Crippen LogP contribution in [0.25, 0.3) is 11.3 Å². The van der Waals surface area contributed by atoms with Gasteiger partial charge < -0.3 is 10.0 Å². The first-order valence-corrected chi connectivity index (χ1v) is 10.2. The molecule has 0 aliphatic heterocycles. The van der Waals surface area contributed by atoms with E-state index in [0.717, 1.165) is 31.9 Å². The molecule has 2 heterocycles. The summed E-state index contributed by atoms with van der Waals surface area (Å²) >= 11 is 9.51. The molecular weight excluding hydrogens is 423 g/mol. The van der Waals surface area contributed by atoms with Crippen LogP contribution in [0.1, 0.15) is 21.7 Å². The predicted molar refractivity (Wildman–Crippen MR) is 117 cm³/mol. The lowest BCUT2D eigenvalue weighted by Crippen LogP contribution is -2.25. The Kier molecular flexibility index (Phi) is 7.68. The molecule has 8 heteroatoms. The maximum Gasteiger partial charge on any atom is 0.305 e. The van der Waals surface area contributed by atoms with Crippen molar-refractivity contribution in [2.24, 2.45) is 0 Å². The number of aromatic nitrogens is 1. The molecule has 0 aliphatic carbocycles. The van der Waals surface area contributed by atoms with Gasteiger partial charge in [-0.05, 0) is 36.9 Å². The number of thiazole rings is 1. The number of halogens is 2. The van der Waals surface area contributed by atoms with E-state index in [2.05, 4.69) is 6.07 Å². The lowest BCUT2D eigenvalue weighted by Gasteiger charge is -2.20. The summed E-state index contributed by atoms with van der Waals surface area (Å²) in [5.41, 5.74) is 2.91. The number of thiophene rings is 1. The molecule has 1 N–H and O–H groups in total. The Morgan fingerprint density at radius 1 is 1.30 bits per heavy atom. The van der Waals surface area contributed by atoms with Crippen LogP contribution in [0.15, 0.2) is 35.7 Å². The van der Waals surface area contributed by atoms with Gasteiger partial charge in [0.25, 0.3) is 0 Å². The molecule has 0 atom stereocenters. The number of anilines is 1. The first kappa shape index (κ1) is 21.7. The van der Waals surface area contributed by atoms with E-state index in [1.807, 2.05) is 48.4 Å². The van der Waals surface area contributed by atoms with Crippen molar-refractivity contribution >= 4 is 57.8 Å². The first-order chi connectivity index (χ1) is 12.4. The average Bonchev–Trinajstić information content (AvgIpc) is 3.23. The summed E-state index contributed by atoms with van der Waals surface area (Å²) in [6.07, 6.45) is 0.0791. The molecule has 0 spiro atoms. The van der Waals surface area contributed by atoms with Gasteiger partial charge in [0, 0.05) is 26.9 Å². The Morgan fingerprint density at radius 3 is 2.70 bits per heavy atom. The van der Waals surface area contributed by atoms with Crippen molar-refractivity contribution in [3.8, 4) is 11.3 Å². The molecule has 27 heavy (non-hydrogen) atoms. The summed E-state index contributed by atoms with van der Waals surface area (Å²) in [4.78, 5) is 20.2. The van der Waals surface area contributed by atoms with Gasteiger partial charge >= 0.3 is 5.97 Å². The van der Waals surface area contributed by atoms with E-state index in [1.54, 1.807) is 22.7 Å². The molecule has 0 saturated carbocycles. The van der Waals surface area contributed by atoms with Crippen molar-refractivity contribution in [2.75, 3.05) is 11.4 Å². The van der Waals surface area contributed by atoms with Gasteiger partial charge in [-0.15, -0.1) is 35.1 Å². The number of aliphatic carboxylic acids is 1. The van der Waals surface area contributed by atoms with E-state index < -0.39 is 5.97 Å². The molecule has 0 unspecified atom stereocenters. The zero-order chi connectivity index (χ0) is 18.7. The highest BCUT2D eigenvalue weighted by atomic mass is 35.5. The van der Waals surface area contributed by atoms with Crippen LogP contribution >= 0.6 is 46.7 Å². The summed E-state index contributed by atoms with van der Waals surface area (Å²) in [5.74, 6) is -0.806. The highest BCUT2D eigenvalue weighted by Gasteiger charge is 2.17. The number of hydrogen-bond acceptors (Lipinski definition) is 5. The van der Waals surface area contributed by atoms with Crippen LogP contribution < -0.4 is 4.90 Å². The Labute approximate surface area is 177 Å². The molecular formula is C19H20Cl2N2O2S2. The van der Waals surface area contributed by atoms with Gasteiger partial charge in [-0.3, -0.25) is 4.79 Å². The van der Waals surface area contributed by atoms with Crippen molar-refractivity contribution in [3.05, 3.63) is 56.1 Å². The summed E-state index contributed by atoms with van der Waals surface area (Å²) < 4.78 is 0. The fourth-order valence-corrected chi connectivity index (χ4v) is 4.45. The minimum absolute atomic E-state index is 0. The zero-order valence-corrected chi connectivity index (χ0v) is 18.1. The normalized spacial score (nSPS) is 10.5. The second kappa shape index (κ2) is 9.55. The maximum atomic E-state index is 11.0. The summed E-state index contributed by atoms with van der Waals surface area (Å²) in [5, 5.41) is 12.7. The van der Waals surface area contributed by atoms with Crippen molar-refractivity contribution in [3.63, 3.8) is 0 Å². The molecule has 0 bridgehead atoms. The van der Waals surface area contributed by atoms with Crippen LogP contribution in [0, 0.1) is 13.8 Å². The van der Waals surface area contributed by atoms with Crippen LogP contribution in [0.4, 0.5) is 5.13 Å². The molecule has 0 radical (unpaired) electrons. The quantitative estimate of drug-likeness (QED) is 0.483. The number of benzene rings is 1. The Hall–Kier alpha value is -1.60. The van der Waals surface area contributed by atoms with E-state index in [4.69, 9.17) is 21.7 Å². The average molecular weight is 443 g/mol. The van der Waals surface area contributed by atoms with Crippen LogP contribution in [0.2, 0.25) is 5.02 Å². The number of nitrogens with zero attached hydrogens (tertiary/aromatic N) is 2. The van der Waals surface area contributed by atoms with E-state index in [0.29, 0.717) is 13.1 Å². The fraction of sp³-hybridized carbons (Fsp3) is 0.263. The van der Waals surface area contributed by atoms with Crippen LogP contribution in [0.5, 0.6) is 0 Å². The number of hydrogen-bond donors (Lipinski definition) is 1. The SMILES string of the molecule is Cc1ccc(-c2nc(N(CCC(=O)O)Cc3cccs3)sc2C)cc1Cl.Cl. The van der Waals surface area contributed by atoms with E-state index in [9.17, 15) is 4.79 Å². The summed E-state index contributed by atoms with van der Waals surface area (Å²) in [7, 11) is 0. The van der Waals surface area contributed by atoms with Gasteiger partial charge in [-0.2, -0.15) is 0 Å². The van der Waals surface area contributed by atoms with Gasteiger partial charge in [-0.25, -0.2) is 4.98 Å². The predicted octanol–water partition coefficient (Wildman–Crippen LogP) is 6.04. The number of carbonyl (C=O) groups is 1. The minimum Gasteiger partial charge on any atom is -0.481 e. The smallest absolute Gasteiger partial charge is 0.305 e. The largest absolute Gasteiger partial charge is 0.481 e. The van der Waals surface area contributed by atoms with E-state index >= 15 is 0 Å². The van der Waals surface area contributed by atoms with Gasteiger partial charge in [0.2, 0.25) is 0 Å². The van der Waals surface area contributed by atoms with Crippen molar-refractivity contribution in [1.82, 2.24) is 4.98 Å². The third-order valence-corrected chi connectivity index (χ3v) is 6.32. The minimum atomic E-state index is -0.806. The van der Waals surface area contributed by atoms with Crippen molar-refractivity contribution in [2.45, 2.75) is 26.8 Å². The summed E-state index contributed by atoms with van der Waals surface area (Å²) in [6, 6.07) is 10.0. The lowest BCUT2D eigenvalue weighted by molar-refractivity contribution is -0.136. The Balaban J connectivity index is 0.00000261. The molecule has 0 amide bonds. The molecule has 144 valence electrons. The van der Waals surface area contributed by atoms with E-state index in [1.165, 1.54) is 4.88 Å². The van der Waals surface area contributed by atoms with Gasteiger partial charge in [0.15, 0.2) is 5.13 Å². The molecule has 4 nitrogen and oxygen atoms in total. The Morgan fingerprint density at radius 2 is 2.07 bits per heavy atom. The molecule has 1 aromatic carbocycles. The molecule has 0 aliphatic rings. The number of rotatable bonds is 7. The monoisotopic (exact) mass is 442 g/mol. The van der Waals surface area contributed by atoms with Crippen molar-refractivity contribution in [1.29, 1.82) is 0 Å². The van der Waals surface area contributed by atoms with Gasteiger partial charge in [-0.1, -0.05) is 29.8 Å². The fourth-order valence-electron chi connectivity index (χ4n) is 2.59. The van der Waals surface area contributed by atoms with Crippen LogP contribution in [-0.2, 0) is 11.3 Å². The Bertz CT molecular complexity index is 911. The molecule has 0 saturated heterocycles. The highest BCUT2D eigenvalue weighted by Crippen LogP contribution is 2.35. The second-order valence-corrected chi connectivity index (χ2v) is 8.63.